The second kappa shape index (κ2) is 4.49. The van der Waals surface area contributed by atoms with Crippen LogP contribution in [0.3, 0.4) is 0 Å². The van der Waals surface area contributed by atoms with Crippen molar-refractivity contribution in [2.45, 2.75) is 6.10 Å². The van der Waals surface area contributed by atoms with Gasteiger partial charge in [-0.1, -0.05) is 0 Å². The minimum atomic E-state index is -0.106. The van der Waals surface area contributed by atoms with Gasteiger partial charge in [0.1, 0.15) is 12.7 Å². The van der Waals surface area contributed by atoms with Gasteiger partial charge in [0.05, 0.1) is 14.2 Å². The molecule has 5 heteroatoms. The second-order valence-corrected chi connectivity index (χ2v) is 3.44. The number of methoxy groups -OCH3 is 2. The molecule has 0 spiro atoms. The molecule has 88 valence electrons. The zero-order valence-corrected chi connectivity index (χ0v) is 9.36. The molecule has 1 aliphatic heterocycles. The molecule has 0 amide bonds. The van der Waals surface area contributed by atoms with Gasteiger partial charge in [-0.05, 0) is 0 Å². The van der Waals surface area contributed by atoms with Crippen LogP contribution in [-0.2, 0) is 0 Å². The Morgan fingerprint density at radius 3 is 2.44 bits per heavy atom. The van der Waals surface area contributed by atoms with Gasteiger partial charge >= 0.3 is 0 Å². The van der Waals surface area contributed by atoms with Crippen LogP contribution in [0.15, 0.2) is 12.1 Å². The van der Waals surface area contributed by atoms with Crippen LogP contribution in [0.4, 0.5) is 0 Å². The van der Waals surface area contributed by atoms with Crippen molar-refractivity contribution in [3.05, 3.63) is 12.1 Å². The summed E-state index contributed by atoms with van der Waals surface area (Å²) in [4.78, 5) is 0. The first-order valence-corrected chi connectivity index (χ1v) is 5.04. The van der Waals surface area contributed by atoms with E-state index in [2.05, 4.69) is 0 Å². The first kappa shape index (κ1) is 10.9. The summed E-state index contributed by atoms with van der Waals surface area (Å²) in [7, 11) is 3.16. The lowest BCUT2D eigenvalue weighted by atomic mass is 10.2. The molecule has 5 nitrogen and oxygen atoms in total. The van der Waals surface area contributed by atoms with Gasteiger partial charge in [0, 0.05) is 18.7 Å². The Labute approximate surface area is 94.0 Å². The van der Waals surface area contributed by atoms with Crippen molar-refractivity contribution < 1.29 is 18.9 Å². The predicted octanol–water partition coefficient (Wildman–Crippen LogP) is 0.802. The molecule has 1 aromatic rings. The van der Waals surface area contributed by atoms with Crippen molar-refractivity contribution >= 4 is 0 Å². The normalized spacial score (nSPS) is 18.1. The van der Waals surface area contributed by atoms with Gasteiger partial charge in [-0.3, -0.25) is 0 Å². The highest BCUT2D eigenvalue weighted by Crippen LogP contribution is 2.41. The summed E-state index contributed by atoms with van der Waals surface area (Å²) in [6.45, 7) is 0.882. The lowest BCUT2D eigenvalue weighted by Gasteiger charge is -2.26. The van der Waals surface area contributed by atoms with Crippen LogP contribution in [0.1, 0.15) is 0 Å². The summed E-state index contributed by atoms with van der Waals surface area (Å²) in [6.07, 6.45) is -0.106. The third-order valence-corrected chi connectivity index (χ3v) is 2.43. The summed E-state index contributed by atoms with van der Waals surface area (Å²) in [5.74, 6) is 2.53. The maximum atomic E-state index is 5.64. The molecule has 0 bridgehead atoms. The molecule has 1 aliphatic rings. The average molecular weight is 225 g/mol. The molecule has 1 unspecified atom stereocenters. The lowest BCUT2D eigenvalue weighted by Crippen LogP contribution is -2.35. The van der Waals surface area contributed by atoms with Crippen molar-refractivity contribution in [3.63, 3.8) is 0 Å². The molecular weight excluding hydrogens is 210 g/mol. The summed E-state index contributed by atoms with van der Waals surface area (Å²) in [5.41, 5.74) is 5.53. The topological polar surface area (TPSA) is 62.9 Å². The maximum Gasteiger partial charge on any atom is 0.165 e. The monoisotopic (exact) mass is 225 g/mol. The Balaban J connectivity index is 2.34. The zero-order valence-electron chi connectivity index (χ0n) is 9.36. The average Bonchev–Trinajstić information content (AvgIpc) is 2.36. The van der Waals surface area contributed by atoms with E-state index in [1.54, 1.807) is 26.4 Å². The quantitative estimate of drug-likeness (QED) is 0.824. The minimum Gasteiger partial charge on any atom is -0.493 e. The van der Waals surface area contributed by atoms with Crippen molar-refractivity contribution in [1.29, 1.82) is 0 Å². The fraction of sp³-hybridized carbons (Fsp3) is 0.455. The van der Waals surface area contributed by atoms with Gasteiger partial charge in [0.2, 0.25) is 0 Å². The summed E-state index contributed by atoms with van der Waals surface area (Å²) >= 11 is 0. The number of fused-ring (bicyclic) bond motifs is 1. The fourth-order valence-corrected chi connectivity index (χ4v) is 1.56. The number of ether oxygens (including phenoxy) is 4. The molecule has 0 radical (unpaired) electrons. The van der Waals surface area contributed by atoms with Gasteiger partial charge < -0.3 is 24.7 Å². The van der Waals surface area contributed by atoms with Crippen LogP contribution in [0.25, 0.3) is 0 Å². The molecule has 1 heterocycles. The highest BCUT2D eigenvalue weighted by Gasteiger charge is 2.22. The van der Waals surface area contributed by atoms with Gasteiger partial charge in [0.15, 0.2) is 23.0 Å². The second-order valence-electron chi connectivity index (χ2n) is 3.44. The van der Waals surface area contributed by atoms with Gasteiger partial charge in [-0.15, -0.1) is 0 Å². The van der Waals surface area contributed by atoms with E-state index in [1.165, 1.54) is 0 Å². The van der Waals surface area contributed by atoms with Crippen LogP contribution in [0.2, 0.25) is 0 Å². The van der Waals surface area contributed by atoms with E-state index in [1.807, 2.05) is 0 Å². The summed E-state index contributed by atoms with van der Waals surface area (Å²) in [6, 6.07) is 3.50. The number of benzene rings is 1. The molecule has 0 fully saturated rings. The Morgan fingerprint density at radius 2 is 1.88 bits per heavy atom. The van der Waals surface area contributed by atoms with Gasteiger partial charge in [-0.2, -0.15) is 0 Å². The molecule has 0 saturated carbocycles. The highest BCUT2D eigenvalue weighted by atomic mass is 16.6. The third kappa shape index (κ3) is 1.86. The van der Waals surface area contributed by atoms with Crippen LogP contribution in [-0.4, -0.2) is 33.5 Å². The largest absolute Gasteiger partial charge is 0.493 e. The summed E-state index contributed by atoms with van der Waals surface area (Å²) < 4.78 is 21.5. The lowest BCUT2D eigenvalue weighted by molar-refractivity contribution is 0.0959. The number of hydrogen-bond donors (Lipinski definition) is 1. The van der Waals surface area contributed by atoms with E-state index in [0.717, 1.165) is 0 Å². The SMILES string of the molecule is COc1cc2c(cc1OC)OC(CN)CO2. The van der Waals surface area contributed by atoms with Crippen molar-refractivity contribution in [2.24, 2.45) is 5.73 Å². The van der Waals surface area contributed by atoms with Crippen LogP contribution in [0, 0.1) is 0 Å². The van der Waals surface area contributed by atoms with Gasteiger partial charge in [0.25, 0.3) is 0 Å². The smallest absolute Gasteiger partial charge is 0.165 e. The van der Waals surface area contributed by atoms with E-state index >= 15 is 0 Å². The molecule has 1 aromatic carbocycles. The Hall–Kier alpha value is -1.62. The van der Waals surface area contributed by atoms with E-state index < -0.39 is 0 Å². The van der Waals surface area contributed by atoms with E-state index in [-0.39, 0.29) is 6.10 Å². The van der Waals surface area contributed by atoms with Crippen molar-refractivity contribution in [3.8, 4) is 23.0 Å². The predicted molar refractivity (Wildman–Crippen MR) is 58.5 cm³/mol. The molecule has 2 rings (SSSR count). The number of nitrogens with two attached hydrogens (primary N) is 1. The molecular formula is C11H15NO4. The standard InChI is InChI=1S/C11H15NO4/c1-13-8-3-10-11(4-9(8)14-2)16-7(5-12)6-15-10/h3-4,7H,5-6,12H2,1-2H3. The Morgan fingerprint density at radius 1 is 1.25 bits per heavy atom. The van der Waals surface area contributed by atoms with Crippen molar-refractivity contribution in [2.75, 3.05) is 27.4 Å². The Bertz CT molecular complexity index is 380. The van der Waals surface area contributed by atoms with Crippen molar-refractivity contribution in [1.82, 2.24) is 0 Å². The third-order valence-electron chi connectivity index (χ3n) is 2.43. The first-order valence-electron chi connectivity index (χ1n) is 5.04. The number of hydrogen-bond acceptors (Lipinski definition) is 5. The fourth-order valence-electron chi connectivity index (χ4n) is 1.56. The maximum absolute atomic E-state index is 5.64. The van der Waals surface area contributed by atoms with E-state index in [4.69, 9.17) is 24.7 Å². The van der Waals surface area contributed by atoms with Gasteiger partial charge in [-0.25, -0.2) is 0 Å². The molecule has 16 heavy (non-hydrogen) atoms. The minimum absolute atomic E-state index is 0.106. The van der Waals surface area contributed by atoms with E-state index in [0.29, 0.717) is 36.1 Å². The first-order chi connectivity index (χ1) is 7.78. The Kier molecular flexibility index (Phi) is 3.05. The van der Waals surface area contributed by atoms with Crippen LogP contribution in [0.5, 0.6) is 23.0 Å². The van der Waals surface area contributed by atoms with Crippen LogP contribution < -0.4 is 24.7 Å². The summed E-state index contributed by atoms with van der Waals surface area (Å²) in [5, 5.41) is 0. The molecule has 0 saturated heterocycles. The molecule has 0 aliphatic carbocycles. The molecule has 0 aromatic heterocycles. The van der Waals surface area contributed by atoms with E-state index in [9.17, 15) is 0 Å². The highest BCUT2D eigenvalue weighted by molar-refractivity contribution is 5.54. The zero-order chi connectivity index (χ0) is 11.5. The van der Waals surface area contributed by atoms with Crippen LogP contribution >= 0.6 is 0 Å². The number of rotatable bonds is 3. The molecule has 1 atom stereocenters. The molecule has 2 N–H and O–H groups in total.